The number of rotatable bonds is 117. The maximum absolute atomic E-state index is 6.14. The predicted octanol–water partition coefficient (Wildman–Crippen LogP) is -9.64. The van der Waals surface area contributed by atoms with Crippen LogP contribution in [0.2, 0.25) is 0 Å². The molecule has 44 nitrogen and oxygen atoms in total. The van der Waals surface area contributed by atoms with E-state index in [4.69, 9.17) is 115 Å². The smallest absolute Gasteiger partial charge is 0.0110 e. The summed E-state index contributed by atoms with van der Waals surface area (Å²) in [6.07, 6.45) is 10.5. The van der Waals surface area contributed by atoms with Crippen LogP contribution < -0.4 is 147 Å². The minimum atomic E-state index is 0.497. The molecule has 894 valence electrons. The van der Waals surface area contributed by atoms with Gasteiger partial charge in [0.2, 0.25) is 0 Å². The van der Waals surface area contributed by atoms with Crippen molar-refractivity contribution >= 4 is 0 Å². The van der Waals surface area contributed by atoms with Crippen LogP contribution in [0.3, 0.4) is 0 Å². The zero-order valence-electron chi connectivity index (χ0n) is 98.0. The van der Waals surface area contributed by atoms with Gasteiger partial charge in [-0.1, -0.05) is 68.2 Å². The Kier molecular flexibility index (Phi) is 117. The van der Waals surface area contributed by atoms with Crippen molar-refractivity contribution in [3.63, 3.8) is 0 Å². The first-order chi connectivity index (χ1) is 71.9. The van der Waals surface area contributed by atoms with Crippen LogP contribution in [0.5, 0.6) is 0 Å². The summed E-state index contributed by atoms with van der Waals surface area (Å²) in [5.41, 5.74) is 122. The second-order valence-electron chi connectivity index (χ2n) is 41.6. The monoisotopic (exact) mass is 2120 g/mol. The Morgan fingerprint density at radius 3 is 0.412 bits per heavy atom. The molecule has 0 aliphatic heterocycles. The molecule has 0 aromatic heterocycles. The molecule has 0 aliphatic rings. The molecule has 0 heterocycles. The highest BCUT2D eigenvalue weighted by molar-refractivity contribution is 4.81. The van der Waals surface area contributed by atoms with Gasteiger partial charge in [-0.15, -0.1) is 0 Å². The Morgan fingerprint density at radius 1 is 0.122 bits per heavy atom. The van der Waals surface area contributed by atoms with Crippen LogP contribution in [0.25, 0.3) is 0 Å². The van der Waals surface area contributed by atoms with E-state index >= 15 is 0 Å². The fourth-order valence-electron chi connectivity index (χ4n) is 18.0. The van der Waals surface area contributed by atoms with Gasteiger partial charge >= 0.3 is 0 Å². The molecule has 148 heavy (non-hydrogen) atoms. The third-order valence-electron chi connectivity index (χ3n) is 27.3. The average molecular weight is 2130 g/mol. The summed E-state index contributed by atoms with van der Waals surface area (Å²) in [5.74, 6) is 1.56. The van der Waals surface area contributed by atoms with Crippen LogP contribution in [0.1, 0.15) is 107 Å². The first kappa shape index (κ1) is 150. The van der Waals surface area contributed by atoms with Crippen molar-refractivity contribution in [2.45, 2.75) is 119 Å². The van der Waals surface area contributed by atoms with Gasteiger partial charge in [0.15, 0.2) is 0 Å². The molecule has 0 spiro atoms. The molecule has 0 aromatic rings. The van der Waals surface area contributed by atoms with Crippen LogP contribution in [0.15, 0.2) is 0 Å². The number of hydrogen-bond donors (Lipinski definition) is 26. The first-order valence-corrected chi connectivity index (χ1v) is 59.3. The van der Waals surface area contributed by atoms with Crippen molar-refractivity contribution < 1.29 is 0 Å². The van der Waals surface area contributed by atoms with Gasteiger partial charge in [-0.2, -0.15) is 0 Å². The third kappa shape index (κ3) is 98.6. The lowest BCUT2D eigenvalue weighted by Crippen LogP contribution is -2.50. The van der Waals surface area contributed by atoms with Crippen LogP contribution >= 0.6 is 0 Å². The van der Waals surface area contributed by atoms with E-state index in [2.05, 4.69) is 175 Å². The lowest BCUT2D eigenvalue weighted by molar-refractivity contribution is 0.115. The van der Waals surface area contributed by atoms with Crippen LogP contribution in [-0.4, -0.2) is 650 Å². The van der Waals surface area contributed by atoms with Crippen molar-refractivity contribution in [1.82, 2.24) is 120 Å². The van der Waals surface area contributed by atoms with Crippen LogP contribution in [0, 0.1) is 11.8 Å². The number of nitrogens with zero attached hydrogens (tertiary/aromatic N) is 18. The van der Waals surface area contributed by atoms with Gasteiger partial charge in [-0.25, -0.2) is 0 Å². The molecular weight excluding hydrogens is 1870 g/mol. The fourth-order valence-corrected chi connectivity index (χ4v) is 18.0. The molecule has 0 fully saturated rings. The minimum Gasteiger partial charge on any atom is -0.329 e. The summed E-state index contributed by atoms with van der Waals surface area (Å²) >= 11 is 0. The number of unbranched alkanes of at least 4 members (excludes halogenated alkanes) is 4. The highest BCUT2D eigenvalue weighted by atomic mass is 15.3. The quantitative estimate of drug-likeness (QED) is 0.0251. The highest BCUT2D eigenvalue weighted by Crippen LogP contribution is 2.09. The molecule has 0 atom stereocenters. The molecule has 44 heteroatoms. The van der Waals surface area contributed by atoms with E-state index in [0.29, 0.717) is 143 Å². The van der Waals surface area contributed by atoms with Gasteiger partial charge < -0.3 is 147 Å². The fraction of sp³-hybridized carbons (Fsp3) is 1.00. The normalized spacial score (nSPS) is 12.5. The number of nitrogens with one attached hydrogen (secondary N) is 6. The van der Waals surface area contributed by atoms with E-state index < -0.39 is 0 Å². The topological polar surface area (TPSA) is 651 Å². The molecule has 0 bridgehead atoms. The molecular formula is C104H258N44. The molecule has 46 N–H and O–H groups in total. The van der Waals surface area contributed by atoms with Crippen LogP contribution in [-0.2, 0) is 0 Å². The first-order valence-electron chi connectivity index (χ1n) is 59.3. The standard InChI is InChI=1S/C58H148N30.C28H69N11.C18H41N3/c59-1-17-75(18-2-60)33-41-83(42-34-76(19-3-61)20-4-62)49-53-87(54-50-84(43-35-77(21-5-63)22-6-64)44-36-78(23-7-65)24-8-66)57-58-88(55-51-85(45-37-79(25-9-67)26-10-68)46-38-80(27-11-69)28-12-70)56-52-86(47-39-81(29-13-71)30-14-72)48-40-82(31-15-73)32-16-74;1-27(2)5-10-33-12-18-37(17-9-32)22-24-38(19-13-34-11-6-29)25-26-39(20-14-35-28(3)4)23-21-36(15-7-30)16-8-31;1-17(2)11-16-20-14-8-5-7-12-19-13-9-6-10-15-21-18(3)4/h1-74H2;27-28,33-35H,5-26,29-32H2,1-4H3;17-21H,5-16H2,1-4H3. The van der Waals surface area contributed by atoms with Crippen molar-refractivity contribution in [2.24, 2.45) is 127 Å². The average Bonchev–Trinajstić information content (AvgIpc) is 0.908. The molecule has 0 aromatic carbocycles. The Hall–Kier alpha value is -1.76. The van der Waals surface area contributed by atoms with Gasteiger partial charge in [0.25, 0.3) is 0 Å². The molecule has 0 rings (SSSR count). The molecule has 0 amide bonds. The third-order valence-corrected chi connectivity index (χ3v) is 27.3. The maximum Gasteiger partial charge on any atom is 0.0110 e. The zero-order chi connectivity index (χ0) is 110. The van der Waals surface area contributed by atoms with E-state index in [-0.39, 0.29) is 0 Å². The lowest BCUT2D eigenvalue weighted by atomic mass is 10.1. The van der Waals surface area contributed by atoms with E-state index in [0.717, 1.165) is 398 Å². The van der Waals surface area contributed by atoms with E-state index in [1.807, 2.05) is 0 Å². The zero-order valence-corrected chi connectivity index (χ0v) is 98.0. The Morgan fingerprint density at radius 2 is 0.250 bits per heavy atom. The van der Waals surface area contributed by atoms with Crippen molar-refractivity contribution in [2.75, 3.05) is 550 Å². The maximum atomic E-state index is 6.14. The minimum absolute atomic E-state index is 0.497. The second kappa shape index (κ2) is 115. The van der Waals surface area contributed by atoms with Gasteiger partial charge in [0.05, 0.1) is 0 Å². The highest BCUT2D eigenvalue weighted by Gasteiger charge is 2.24. The van der Waals surface area contributed by atoms with Gasteiger partial charge in [-0.3, -0.25) is 88.2 Å². The molecule has 0 aliphatic carbocycles. The summed E-state index contributed by atoms with van der Waals surface area (Å²) in [6, 6.07) is 1.12. The van der Waals surface area contributed by atoms with Crippen molar-refractivity contribution in [3.05, 3.63) is 0 Å². The number of nitrogens with two attached hydrogens (primary N) is 20. The van der Waals surface area contributed by atoms with Gasteiger partial charge in [-0.05, 0) is 89.6 Å². The van der Waals surface area contributed by atoms with E-state index in [1.165, 1.54) is 84.1 Å². The molecule has 0 saturated heterocycles. The molecule has 0 saturated carbocycles. The summed E-state index contributed by atoms with van der Waals surface area (Å²) in [7, 11) is 0. The Labute approximate surface area is 910 Å². The van der Waals surface area contributed by atoms with Gasteiger partial charge in [0.1, 0.15) is 0 Å². The van der Waals surface area contributed by atoms with Crippen molar-refractivity contribution in [3.8, 4) is 0 Å². The summed E-state index contributed by atoms with van der Waals surface area (Å²) in [6.45, 7) is 89.2. The predicted molar refractivity (Wildman–Crippen MR) is 641 cm³/mol. The summed E-state index contributed by atoms with van der Waals surface area (Å²) < 4.78 is 0. The van der Waals surface area contributed by atoms with Crippen molar-refractivity contribution in [1.29, 1.82) is 0 Å². The van der Waals surface area contributed by atoms with Gasteiger partial charge in [0, 0.05) is 523 Å². The SMILES string of the molecule is CC(C)CCNCCCCCNCCCCCNC(C)C.CC(C)CCNCCN(CCN)CCN(CCNCCN)CCN(CCNC(C)C)CCN(CCN)CCN.NCCN(CCN)CCN(CCN(CCN)CCN)CCN(CCN(CCN(CCN)CCN)CCN(CCN)CCN)CCN(CCN(CCN(CCN)CCN)CCN(CCN)CCN)CCN(CCN(CCN)CCN)CCN(CCN)CCN. The molecule has 0 unspecified atom stereocenters. The summed E-state index contributed by atoms with van der Waals surface area (Å²) in [4.78, 5) is 45.2. The van der Waals surface area contributed by atoms with E-state index in [1.54, 1.807) is 0 Å². The molecule has 0 radical (unpaired) electrons. The summed E-state index contributed by atoms with van der Waals surface area (Å²) in [5, 5.41) is 21.2. The number of hydrogen-bond acceptors (Lipinski definition) is 44. The lowest BCUT2D eigenvalue weighted by Gasteiger charge is -2.36. The Bertz CT molecular complexity index is 2190. The van der Waals surface area contributed by atoms with Crippen LogP contribution in [0.4, 0.5) is 0 Å². The Balaban J connectivity index is -0.00000284. The second-order valence-corrected chi connectivity index (χ2v) is 41.6. The van der Waals surface area contributed by atoms with E-state index in [9.17, 15) is 0 Å². The largest absolute Gasteiger partial charge is 0.329 e.